The first-order valence-electron chi connectivity index (χ1n) is 26.1. The second-order valence-corrected chi connectivity index (χ2v) is 19.5. The first-order chi connectivity index (χ1) is 30.5. The zero-order chi connectivity index (χ0) is 46.2. The van der Waals surface area contributed by atoms with Crippen molar-refractivity contribution in [3.63, 3.8) is 0 Å². The molecule has 1 rings (SSSR count). The lowest BCUT2D eigenvalue weighted by Crippen LogP contribution is -2.61. The molecule has 1 aliphatic heterocycles. The highest BCUT2D eigenvalue weighted by atomic mass is 32.3. The van der Waals surface area contributed by atoms with Crippen LogP contribution >= 0.6 is 0 Å². The molecular formula is C50H97NO11S. The predicted octanol–water partition coefficient (Wildman–Crippen LogP) is 11.1. The molecular weight excluding hydrogens is 823 g/mol. The molecule has 1 saturated heterocycles. The fraction of sp³-hybridized carbons (Fsp3) is 0.940. The molecule has 6 N–H and O–H groups in total. The van der Waals surface area contributed by atoms with Crippen LogP contribution in [0.3, 0.4) is 0 Å². The lowest BCUT2D eigenvalue weighted by atomic mass is 9.99. The van der Waals surface area contributed by atoms with Crippen LogP contribution in [0.15, 0.2) is 12.2 Å². The molecule has 0 bridgehead atoms. The Bertz CT molecular complexity index is 1180. The van der Waals surface area contributed by atoms with Crippen LogP contribution in [-0.4, -0.2) is 95.4 Å². The van der Waals surface area contributed by atoms with Crippen LogP contribution in [0.2, 0.25) is 0 Å². The second kappa shape index (κ2) is 41.1. The number of aliphatic hydroxyl groups excluding tert-OH is 4. The van der Waals surface area contributed by atoms with Gasteiger partial charge in [0.25, 0.3) is 0 Å². The standard InChI is InChI=1S/C50H97NO11S/c1-3-5-7-9-11-13-15-17-18-19-20-21-22-23-24-25-26-28-30-32-34-36-38-40-46(54)51-43(44(53)39-37-35-33-31-29-27-16-14-12-10-8-6-4-2)42-60-50-48(56)49(62-63(57,58)59)47(55)45(41-52)61-50/h23-24,43-45,47-50,52-53,55-56H,3-22,25-42H2,1-2H3,(H,51,54)(H,57,58,59)/b24-23-. The van der Waals surface area contributed by atoms with E-state index in [4.69, 9.17) is 9.47 Å². The third-order valence-corrected chi connectivity index (χ3v) is 13.0. The number of hydrogen-bond donors (Lipinski definition) is 6. The van der Waals surface area contributed by atoms with Gasteiger partial charge in [-0.3, -0.25) is 9.35 Å². The highest BCUT2D eigenvalue weighted by Crippen LogP contribution is 2.26. The second-order valence-electron chi connectivity index (χ2n) is 18.5. The Hall–Kier alpha value is -1.16. The largest absolute Gasteiger partial charge is 0.397 e. The maximum atomic E-state index is 13.1. The number of rotatable bonds is 45. The predicted molar refractivity (Wildman–Crippen MR) is 255 cm³/mol. The van der Waals surface area contributed by atoms with Gasteiger partial charge >= 0.3 is 10.4 Å². The molecule has 0 aliphatic carbocycles. The molecule has 12 nitrogen and oxygen atoms in total. The van der Waals surface area contributed by atoms with E-state index >= 15 is 0 Å². The normalized spacial score (nSPS) is 20.4. The number of aliphatic hydroxyl groups is 4. The third-order valence-electron chi connectivity index (χ3n) is 12.6. The van der Waals surface area contributed by atoms with E-state index in [1.165, 1.54) is 161 Å². The molecule has 1 fully saturated rings. The van der Waals surface area contributed by atoms with Crippen LogP contribution < -0.4 is 5.32 Å². The van der Waals surface area contributed by atoms with Crippen molar-refractivity contribution in [3.05, 3.63) is 12.2 Å². The zero-order valence-corrected chi connectivity index (χ0v) is 41.0. The molecule has 63 heavy (non-hydrogen) atoms. The molecule has 0 spiro atoms. The minimum absolute atomic E-state index is 0.232. The quantitative estimate of drug-likeness (QED) is 0.0193. The summed E-state index contributed by atoms with van der Waals surface area (Å²) in [6.45, 7) is 3.46. The summed E-state index contributed by atoms with van der Waals surface area (Å²) in [5.74, 6) is -0.232. The van der Waals surface area contributed by atoms with Crippen LogP contribution in [-0.2, 0) is 28.9 Å². The van der Waals surface area contributed by atoms with Crippen LogP contribution in [0, 0.1) is 0 Å². The zero-order valence-electron chi connectivity index (χ0n) is 40.2. The summed E-state index contributed by atoms with van der Waals surface area (Å²) >= 11 is 0. The van der Waals surface area contributed by atoms with Gasteiger partial charge < -0.3 is 35.2 Å². The van der Waals surface area contributed by atoms with Gasteiger partial charge in [0.05, 0.1) is 25.4 Å². The fourth-order valence-corrected chi connectivity index (χ4v) is 9.02. The summed E-state index contributed by atoms with van der Waals surface area (Å²) in [6, 6.07) is -0.857. The van der Waals surface area contributed by atoms with E-state index < -0.39 is 59.9 Å². The lowest BCUT2D eigenvalue weighted by Gasteiger charge is -2.41. The summed E-state index contributed by atoms with van der Waals surface area (Å²) < 4.78 is 47.7. The maximum Gasteiger partial charge on any atom is 0.397 e. The summed E-state index contributed by atoms with van der Waals surface area (Å²) in [5, 5.41) is 44.9. The summed E-state index contributed by atoms with van der Waals surface area (Å²) in [7, 11) is -5.08. The first kappa shape index (κ1) is 59.9. The third kappa shape index (κ3) is 33.9. The van der Waals surface area contributed by atoms with E-state index in [0.29, 0.717) is 12.8 Å². The summed E-state index contributed by atoms with van der Waals surface area (Å²) in [6.07, 6.45) is 37.9. The van der Waals surface area contributed by atoms with Crippen molar-refractivity contribution in [3.8, 4) is 0 Å². The molecule has 0 aromatic carbocycles. The molecule has 374 valence electrons. The molecule has 1 heterocycles. The number of hydrogen-bond acceptors (Lipinski definition) is 10. The van der Waals surface area contributed by atoms with E-state index in [0.717, 1.165) is 51.4 Å². The van der Waals surface area contributed by atoms with E-state index in [2.05, 4.69) is 35.5 Å². The Kier molecular flexibility index (Phi) is 39.0. The Morgan fingerprint density at radius 2 is 1.02 bits per heavy atom. The SMILES string of the molecule is CCCCCCCCCCCCCC/C=C\CCCCCCCCCC(=O)NC(COC1OC(CO)C(O)C(OS(=O)(=O)O)C1O)C(O)CCCCCCCCCCCCCCC. The van der Waals surface area contributed by atoms with Gasteiger partial charge in [0.15, 0.2) is 6.29 Å². The summed E-state index contributed by atoms with van der Waals surface area (Å²) in [4.78, 5) is 13.1. The van der Waals surface area contributed by atoms with Gasteiger partial charge in [0, 0.05) is 6.42 Å². The Labute approximate surface area is 385 Å². The number of allylic oxidation sites excluding steroid dienone is 2. The maximum absolute atomic E-state index is 13.1. The van der Waals surface area contributed by atoms with Crippen LogP contribution in [0.25, 0.3) is 0 Å². The molecule has 7 atom stereocenters. The lowest BCUT2D eigenvalue weighted by molar-refractivity contribution is -0.298. The number of nitrogens with one attached hydrogen (secondary N) is 1. The highest BCUT2D eigenvalue weighted by Gasteiger charge is 2.48. The molecule has 0 aromatic rings. The topological polar surface area (TPSA) is 192 Å². The first-order valence-corrected chi connectivity index (χ1v) is 27.4. The Balaban J connectivity index is 2.38. The van der Waals surface area contributed by atoms with Gasteiger partial charge in [0.2, 0.25) is 5.91 Å². The Morgan fingerprint density at radius 3 is 1.43 bits per heavy atom. The minimum atomic E-state index is -5.08. The van der Waals surface area contributed by atoms with E-state index in [9.17, 15) is 38.2 Å². The van der Waals surface area contributed by atoms with Crippen LogP contribution in [0.5, 0.6) is 0 Å². The van der Waals surface area contributed by atoms with Crippen molar-refractivity contribution in [1.82, 2.24) is 5.32 Å². The number of carbonyl (C=O) groups is 1. The average molecular weight is 920 g/mol. The molecule has 1 amide bonds. The number of ether oxygens (including phenoxy) is 2. The molecule has 0 aromatic heterocycles. The fourth-order valence-electron chi connectivity index (χ4n) is 8.51. The highest BCUT2D eigenvalue weighted by molar-refractivity contribution is 7.80. The average Bonchev–Trinajstić information content (AvgIpc) is 3.25. The number of unbranched alkanes of at least 4 members (excludes halogenated alkanes) is 31. The minimum Gasteiger partial charge on any atom is -0.394 e. The van der Waals surface area contributed by atoms with E-state index in [-0.39, 0.29) is 18.9 Å². The van der Waals surface area contributed by atoms with Crippen molar-refractivity contribution in [2.45, 2.75) is 288 Å². The number of amides is 1. The van der Waals surface area contributed by atoms with Crippen molar-refractivity contribution in [2.75, 3.05) is 13.2 Å². The van der Waals surface area contributed by atoms with E-state index in [1.807, 2.05) is 0 Å². The molecule has 13 heteroatoms. The van der Waals surface area contributed by atoms with E-state index in [1.54, 1.807) is 0 Å². The van der Waals surface area contributed by atoms with Gasteiger partial charge in [-0.25, -0.2) is 4.18 Å². The van der Waals surface area contributed by atoms with Crippen LogP contribution in [0.1, 0.15) is 245 Å². The van der Waals surface area contributed by atoms with Gasteiger partial charge in [-0.05, 0) is 38.5 Å². The van der Waals surface area contributed by atoms with Gasteiger partial charge in [-0.15, -0.1) is 0 Å². The molecule has 0 saturated carbocycles. The van der Waals surface area contributed by atoms with Gasteiger partial charge in [0.1, 0.15) is 24.4 Å². The van der Waals surface area contributed by atoms with Gasteiger partial charge in [-0.1, -0.05) is 212 Å². The number of carbonyl (C=O) groups excluding carboxylic acids is 1. The molecule has 7 unspecified atom stereocenters. The smallest absolute Gasteiger partial charge is 0.394 e. The summed E-state index contributed by atoms with van der Waals surface area (Å²) in [5.41, 5.74) is 0. The van der Waals surface area contributed by atoms with Crippen molar-refractivity contribution < 1.29 is 51.8 Å². The Morgan fingerprint density at radius 1 is 0.619 bits per heavy atom. The van der Waals surface area contributed by atoms with Gasteiger partial charge in [-0.2, -0.15) is 8.42 Å². The van der Waals surface area contributed by atoms with Crippen molar-refractivity contribution in [2.24, 2.45) is 0 Å². The van der Waals surface area contributed by atoms with Crippen molar-refractivity contribution in [1.29, 1.82) is 0 Å². The molecule has 0 radical (unpaired) electrons. The monoisotopic (exact) mass is 920 g/mol. The molecule has 1 aliphatic rings. The van der Waals surface area contributed by atoms with Crippen LogP contribution in [0.4, 0.5) is 0 Å². The van der Waals surface area contributed by atoms with Crippen molar-refractivity contribution >= 4 is 16.3 Å².